The van der Waals surface area contributed by atoms with Gasteiger partial charge in [0.05, 0.1) is 0 Å². The minimum Gasteiger partial charge on any atom is -0.422 e. The molecule has 19 heavy (non-hydrogen) atoms. The van der Waals surface area contributed by atoms with Crippen LogP contribution in [0.3, 0.4) is 0 Å². The molecule has 1 aliphatic heterocycles. The Hall–Kier alpha value is -2.69. The van der Waals surface area contributed by atoms with Gasteiger partial charge in [-0.2, -0.15) is 0 Å². The molecule has 3 rings (SSSR count). The highest BCUT2D eigenvalue weighted by molar-refractivity contribution is 6.05. The number of nitrogens with zero attached hydrogens (tertiary/aromatic N) is 1. The quantitative estimate of drug-likeness (QED) is 0.787. The van der Waals surface area contributed by atoms with Crippen molar-refractivity contribution in [1.82, 2.24) is 9.97 Å². The monoisotopic (exact) mass is 254 g/mol. The van der Waals surface area contributed by atoms with Crippen molar-refractivity contribution in [2.24, 2.45) is 0 Å². The first-order valence-electron chi connectivity index (χ1n) is 5.73. The van der Waals surface area contributed by atoms with Gasteiger partial charge >= 0.3 is 5.97 Å². The number of aryl methyl sites for hydroxylation is 1. The van der Waals surface area contributed by atoms with Crippen LogP contribution < -0.4 is 5.56 Å². The number of carbonyl (C=O) groups excluding carboxylic acids is 1. The number of nitrogens with one attached hydrogen (secondary N) is 1. The Morgan fingerprint density at radius 3 is 2.95 bits per heavy atom. The molecular formula is C14H10N2O3. The van der Waals surface area contributed by atoms with Crippen molar-refractivity contribution in [3.05, 3.63) is 63.3 Å². The fourth-order valence-corrected chi connectivity index (χ4v) is 2.01. The summed E-state index contributed by atoms with van der Waals surface area (Å²) in [6, 6.07) is 5.35. The Morgan fingerprint density at radius 2 is 2.21 bits per heavy atom. The summed E-state index contributed by atoms with van der Waals surface area (Å²) in [5.41, 5.74) is 1.64. The van der Waals surface area contributed by atoms with Crippen molar-refractivity contribution in [1.29, 1.82) is 0 Å². The van der Waals surface area contributed by atoms with E-state index >= 15 is 0 Å². The number of hydrogen-bond acceptors (Lipinski definition) is 4. The van der Waals surface area contributed by atoms with E-state index in [1.54, 1.807) is 37.5 Å². The van der Waals surface area contributed by atoms with Gasteiger partial charge in [-0.25, -0.2) is 4.79 Å². The number of esters is 1. The third-order valence-corrected chi connectivity index (χ3v) is 2.82. The van der Waals surface area contributed by atoms with Gasteiger partial charge in [0.25, 0.3) is 5.56 Å². The molecular weight excluding hydrogens is 244 g/mol. The lowest BCUT2D eigenvalue weighted by atomic mass is 10.1. The molecule has 1 N–H and O–H groups in total. The third kappa shape index (κ3) is 1.95. The van der Waals surface area contributed by atoms with Crippen molar-refractivity contribution in [3.8, 4) is 0 Å². The topological polar surface area (TPSA) is 72.0 Å². The number of cyclic esters (lactones) is 1. The summed E-state index contributed by atoms with van der Waals surface area (Å²) in [5, 5.41) is 0. The number of aromatic nitrogens is 2. The first-order chi connectivity index (χ1) is 9.15. The lowest BCUT2D eigenvalue weighted by molar-refractivity contribution is 0.0715. The third-order valence-electron chi connectivity index (χ3n) is 2.82. The Morgan fingerprint density at radius 1 is 1.37 bits per heavy atom. The fraction of sp³-hybridized carbons (Fsp3) is 0.0714. The molecule has 1 aliphatic rings. The maximum atomic E-state index is 11.7. The summed E-state index contributed by atoms with van der Waals surface area (Å²) >= 11 is 0. The molecule has 0 radical (unpaired) electrons. The summed E-state index contributed by atoms with van der Waals surface area (Å²) in [6.07, 6.45) is 5.00. The van der Waals surface area contributed by atoms with Crippen molar-refractivity contribution >= 4 is 17.8 Å². The highest BCUT2D eigenvalue weighted by Crippen LogP contribution is 2.29. The van der Waals surface area contributed by atoms with Gasteiger partial charge in [0.1, 0.15) is 11.3 Å². The Bertz CT molecular complexity index is 745. The van der Waals surface area contributed by atoms with Crippen LogP contribution in [0.25, 0.3) is 11.8 Å². The van der Waals surface area contributed by atoms with E-state index in [2.05, 4.69) is 9.97 Å². The van der Waals surface area contributed by atoms with E-state index in [9.17, 15) is 9.59 Å². The second-order valence-electron chi connectivity index (χ2n) is 4.25. The van der Waals surface area contributed by atoms with Gasteiger partial charge in [-0.3, -0.25) is 9.78 Å². The minimum absolute atomic E-state index is 0.0562. The van der Waals surface area contributed by atoms with Crippen LogP contribution >= 0.6 is 0 Å². The van der Waals surface area contributed by atoms with Gasteiger partial charge < -0.3 is 9.72 Å². The SMILES string of the molecule is Cc1cc2c(c(=O)[nH]1)C(=O)O/C2=C\c1cccnc1. The molecule has 94 valence electrons. The largest absolute Gasteiger partial charge is 0.422 e. The molecule has 0 spiro atoms. The molecule has 0 saturated carbocycles. The predicted octanol–water partition coefficient (Wildman–Crippen LogP) is 1.75. The molecule has 0 fully saturated rings. The molecule has 0 aliphatic carbocycles. The van der Waals surface area contributed by atoms with Gasteiger partial charge in [-0.1, -0.05) is 6.07 Å². The molecule has 5 heteroatoms. The first kappa shape index (κ1) is 11.4. The van der Waals surface area contributed by atoms with Crippen molar-refractivity contribution in [2.75, 3.05) is 0 Å². The molecule has 5 nitrogen and oxygen atoms in total. The standard InChI is InChI=1S/C14H10N2O3/c1-8-5-10-11(6-9-3-2-4-15-7-9)19-14(18)12(10)13(17)16-8/h2-7H,1H3,(H,16,17)/b11-6-. The summed E-state index contributed by atoms with van der Waals surface area (Å²) in [7, 11) is 0. The second-order valence-corrected chi connectivity index (χ2v) is 4.25. The van der Waals surface area contributed by atoms with Crippen molar-refractivity contribution in [2.45, 2.75) is 6.92 Å². The Labute approximate surface area is 108 Å². The number of pyridine rings is 2. The van der Waals surface area contributed by atoms with Crippen LogP contribution in [0.4, 0.5) is 0 Å². The van der Waals surface area contributed by atoms with Crippen LogP contribution in [0.15, 0.2) is 35.4 Å². The van der Waals surface area contributed by atoms with Crippen LogP contribution in [-0.2, 0) is 4.74 Å². The maximum absolute atomic E-state index is 11.7. The molecule has 0 amide bonds. The second kappa shape index (κ2) is 4.20. The van der Waals surface area contributed by atoms with E-state index in [4.69, 9.17) is 4.74 Å². The zero-order valence-electron chi connectivity index (χ0n) is 10.1. The number of fused-ring (bicyclic) bond motifs is 1. The van der Waals surface area contributed by atoms with E-state index in [1.165, 1.54) is 0 Å². The number of ether oxygens (including phenoxy) is 1. The highest BCUT2D eigenvalue weighted by Gasteiger charge is 2.29. The zero-order valence-corrected chi connectivity index (χ0v) is 10.1. The number of carbonyl (C=O) groups is 1. The van der Waals surface area contributed by atoms with Gasteiger partial charge in [0.15, 0.2) is 0 Å². The smallest absolute Gasteiger partial charge is 0.349 e. The van der Waals surface area contributed by atoms with Crippen molar-refractivity contribution < 1.29 is 9.53 Å². The lowest BCUT2D eigenvalue weighted by Gasteiger charge is -1.99. The molecule has 3 heterocycles. The molecule has 0 saturated heterocycles. The van der Waals surface area contributed by atoms with Gasteiger partial charge in [0.2, 0.25) is 0 Å². The highest BCUT2D eigenvalue weighted by atomic mass is 16.5. The maximum Gasteiger partial charge on any atom is 0.349 e. The Kier molecular flexibility index (Phi) is 2.52. The van der Waals surface area contributed by atoms with E-state index in [-0.39, 0.29) is 5.56 Å². The summed E-state index contributed by atoms with van der Waals surface area (Å²) in [4.78, 5) is 30.0. The van der Waals surface area contributed by atoms with Gasteiger partial charge in [0, 0.05) is 23.7 Å². The van der Waals surface area contributed by atoms with Crippen LogP contribution in [0.1, 0.15) is 27.2 Å². The molecule has 2 aromatic rings. The Balaban J connectivity index is 2.18. The molecule has 2 aromatic heterocycles. The predicted molar refractivity (Wildman–Crippen MR) is 69.3 cm³/mol. The van der Waals surface area contributed by atoms with Crippen LogP contribution in [0, 0.1) is 6.92 Å². The number of H-pyrrole nitrogens is 1. The van der Waals surface area contributed by atoms with E-state index in [0.29, 0.717) is 17.0 Å². The van der Waals surface area contributed by atoms with E-state index < -0.39 is 11.5 Å². The molecule has 0 aromatic carbocycles. The minimum atomic E-state index is -0.619. The van der Waals surface area contributed by atoms with Crippen LogP contribution in [0.5, 0.6) is 0 Å². The van der Waals surface area contributed by atoms with Gasteiger partial charge in [-0.15, -0.1) is 0 Å². The van der Waals surface area contributed by atoms with Crippen molar-refractivity contribution in [3.63, 3.8) is 0 Å². The van der Waals surface area contributed by atoms with Crippen LogP contribution in [-0.4, -0.2) is 15.9 Å². The fourth-order valence-electron chi connectivity index (χ4n) is 2.01. The molecule has 0 unspecified atom stereocenters. The number of aromatic amines is 1. The lowest BCUT2D eigenvalue weighted by Crippen LogP contribution is -2.16. The zero-order chi connectivity index (χ0) is 13.4. The summed E-state index contributed by atoms with van der Waals surface area (Å²) in [5.74, 6) is -0.242. The van der Waals surface area contributed by atoms with Crippen LogP contribution in [0.2, 0.25) is 0 Å². The average molecular weight is 254 g/mol. The number of hydrogen-bond donors (Lipinski definition) is 1. The van der Waals surface area contributed by atoms with E-state index in [0.717, 1.165) is 5.56 Å². The normalized spacial score (nSPS) is 15.4. The molecule has 0 atom stereocenters. The first-order valence-corrected chi connectivity index (χ1v) is 5.73. The summed E-state index contributed by atoms with van der Waals surface area (Å²) in [6.45, 7) is 1.76. The van der Waals surface area contributed by atoms with Gasteiger partial charge in [-0.05, 0) is 30.7 Å². The average Bonchev–Trinajstić information content (AvgIpc) is 2.67. The molecule has 0 bridgehead atoms. The number of rotatable bonds is 1. The van der Waals surface area contributed by atoms with E-state index in [1.807, 2.05) is 6.07 Å². The summed E-state index contributed by atoms with van der Waals surface area (Å²) < 4.78 is 5.15.